The third kappa shape index (κ3) is 3.43. The van der Waals surface area contributed by atoms with Crippen molar-refractivity contribution in [3.8, 4) is 0 Å². The molecule has 0 aliphatic heterocycles. The van der Waals surface area contributed by atoms with Crippen molar-refractivity contribution in [3.05, 3.63) is 51.5 Å². The van der Waals surface area contributed by atoms with Gasteiger partial charge in [-0.3, -0.25) is 4.98 Å². The highest BCUT2D eigenvalue weighted by Crippen LogP contribution is 2.29. The van der Waals surface area contributed by atoms with Crippen molar-refractivity contribution in [2.75, 3.05) is 6.54 Å². The molecule has 0 radical (unpaired) electrons. The van der Waals surface area contributed by atoms with Gasteiger partial charge in [0.25, 0.3) is 0 Å². The Bertz CT molecular complexity index is 519. The predicted octanol–water partition coefficient (Wildman–Crippen LogP) is 4.10. The van der Waals surface area contributed by atoms with E-state index in [0.717, 1.165) is 19.4 Å². The van der Waals surface area contributed by atoms with Crippen molar-refractivity contribution in [2.24, 2.45) is 0 Å². The van der Waals surface area contributed by atoms with Crippen LogP contribution in [0.5, 0.6) is 0 Å². The van der Waals surface area contributed by atoms with Crippen LogP contribution in [0, 0.1) is 6.92 Å². The molecule has 1 unspecified atom stereocenters. The van der Waals surface area contributed by atoms with Gasteiger partial charge in [-0.2, -0.15) is 0 Å². The first-order chi connectivity index (χ1) is 9.26. The Hall–Kier alpha value is -1.19. The summed E-state index contributed by atoms with van der Waals surface area (Å²) in [6.45, 7) is 7.56. The summed E-state index contributed by atoms with van der Waals surface area (Å²) in [4.78, 5) is 7.35. The van der Waals surface area contributed by atoms with Gasteiger partial charge < -0.3 is 5.32 Å². The Labute approximate surface area is 119 Å². The average molecular weight is 274 g/mol. The molecule has 0 amide bonds. The summed E-state index contributed by atoms with van der Waals surface area (Å²) in [6.07, 6.45) is 4.06. The van der Waals surface area contributed by atoms with E-state index >= 15 is 0 Å². The predicted molar refractivity (Wildman–Crippen MR) is 82.8 cm³/mol. The number of hydrogen-bond acceptors (Lipinski definition) is 3. The second-order valence-corrected chi connectivity index (χ2v) is 6.06. The Morgan fingerprint density at radius 3 is 2.74 bits per heavy atom. The summed E-state index contributed by atoms with van der Waals surface area (Å²) in [5.74, 6) is 0. The van der Waals surface area contributed by atoms with Crippen LogP contribution >= 0.6 is 11.3 Å². The summed E-state index contributed by atoms with van der Waals surface area (Å²) < 4.78 is 0. The fraction of sp³-hybridized carbons (Fsp3) is 0.438. The maximum Gasteiger partial charge on any atom is 0.0847 e. The fourth-order valence-electron chi connectivity index (χ4n) is 2.24. The standard InChI is InChI=1S/C16H22N2S/c1-4-10-17-16(14-9-8-12(3)19-14)15-13(5-2)7-6-11-18-15/h6-9,11,16-17H,4-5,10H2,1-3H3. The maximum absolute atomic E-state index is 4.63. The molecule has 1 N–H and O–H groups in total. The van der Waals surface area contributed by atoms with Crippen molar-refractivity contribution in [2.45, 2.75) is 39.7 Å². The summed E-state index contributed by atoms with van der Waals surface area (Å²) in [5, 5.41) is 3.64. The summed E-state index contributed by atoms with van der Waals surface area (Å²) >= 11 is 1.86. The van der Waals surface area contributed by atoms with E-state index < -0.39 is 0 Å². The molecule has 2 rings (SSSR count). The number of thiophene rings is 1. The van der Waals surface area contributed by atoms with E-state index in [1.165, 1.54) is 21.0 Å². The number of hydrogen-bond donors (Lipinski definition) is 1. The zero-order valence-electron chi connectivity index (χ0n) is 11.9. The minimum Gasteiger partial charge on any atom is -0.304 e. The lowest BCUT2D eigenvalue weighted by Crippen LogP contribution is -2.24. The van der Waals surface area contributed by atoms with Gasteiger partial charge >= 0.3 is 0 Å². The number of rotatable bonds is 6. The van der Waals surface area contributed by atoms with Crippen LogP contribution in [0.15, 0.2) is 30.5 Å². The SMILES string of the molecule is CCCNC(c1ccc(C)s1)c1ncccc1CC. The van der Waals surface area contributed by atoms with E-state index in [9.17, 15) is 0 Å². The molecule has 2 nitrogen and oxygen atoms in total. The van der Waals surface area contributed by atoms with E-state index in [2.05, 4.69) is 49.3 Å². The van der Waals surface area contributed by atoms with E-state index in [1.54, 1.807) is 0 Å². The molecular weight excluding hydrogens is 252 g/mol. The Morgan fingerprint density at radius 2 is 2.11 bits per heavy atom. The molecule has 1 atom stereocenters. The van der Waals surface area contributed by atoms with Crippen molar-refractivity contribution >= 4 is 11.3 Å². The first-order valence-corrected chi connectivity index (χ1v) is 7.81. The van der Waals surface area contributed by atoms with Crippen LogP contribution in [-0.2, 0) is 6.42 Å². The molecule has 0 saturated carbocycles. The molecule has 0 spiro atoms. The highest BCUT2D eigenvalue weighted by atomic mass is 32.1. The third-order valence-corrected chi connectivity index (χ3v) is 4.29. The maximum atomic E-state index is 4.63. The van der Waals surface area contributed by atoms with Gasteiger partial charge in [0.2, 0.25) is 0 Å². The van der Waals surface area contributed by atoms with E-state index in [1.807, 2.05) is 23.6 Å². The molecule has 0 saturated heterocycles. The van der Waals surface area contributed by atoms with Gasteiger partial charge in [0.15, 0.2) is 0 Å². The molecule has 19 heavy (non-hydrogen) atoms. The normalized spacial score (nSPS) is 12.6. The summed E-state index contributed by atoms with van der Waals surface area (Å²) in [5.41, 5.74) is 2.52. The molecule has 0 aromatic carbocycles. The van der Waals surface area contributed by atoms with Crippen molar-refractivity contribution in [1.29, 1.82) is 0 Å². The molecule has 2 aromatic heterocycles. The molecule has 0 fully saturated rings. The van der Waals surface area contributed by atoms with Gasteiger partial charge in [-0.25, -0.2) is 0 Å². The molecule has 0 aliphatic carbocycles. The molecule has 2 heterocycles. The first kappa shape index (κ1) is 14.2. The van der Waals surface area contributed by atoms with Gasteiger partial charge in [0.05, 0.1) is 11.7 Å². The molecule has 3 heteroatoms. The number of nitrogens with zero attached hydrogens (tertiary/aromatic N) is 1. The Morgan fingerprint density at radius 1 is 1.26 bits per heavy atom. The summed E-state index contributed by atoms with van der Waals surface area (Å²) in [7, 11) is 0. The van der Waals surface area contributed by atoms with Crippen LogP contribution in [0.1, 0.15) is 47.3 Å². The highest BCUT2D eigenvalue weighted by molar-refractivity contribution is 7.12. The van der Waals surface area contributed by atoms with Gasteiger partial charge in [-0.15, -0.1) is 11.3 Å². The quantitative estimate of drug-likeness (QED) is 0.857. The number of pyridine rings is 1. The summed E-state index contributed by atoms with van der Waals surface area (Å²) in [6, 6.07) is 8.86. The van der Waals surface area contributed by atoms with Gasteiger partial charge in [0.1, 0.15) is 0 Å². The highest BCUT2D eigenvalue weighted by Gasteiger charge is 2.18. The van der Waals surface area contributed by atoms with Crippen LogP contribution < -0.4 is 5.32 Å². The fourth-order valence-corrected chi connectivity index (χ4v) is 3.20. The first-order valence-electron chi connectivity index (χ1n) is 6.99. The second kappa shape index (κ2) is 6.83. The monoisotopic (exact) mass is 274 g/mol. The van der Waals surface area contributed by atoms with Crippen LogP contribution in [0.3, 0.4) is 0 Å². The second-order valence-electron chi connectivity index (χ2n) is 4.74. The number of aromatic nitrogens is 1. The van der Waals surface area contributed by atoms with Crippen molar-refractivity contribution in [1.82, 2.24) is 10.3 Å². The molecule has 0 bridgehead atoms. The molecule has 2 aromatic rings. The molecule has 0 aliphatic rings. The molecule has 102 valence electrons. The lowest BCUT2D eigenvalue weighted by Gasteiger charge is -2.19. The van der Waals surface area contributed by atoms with Gasteiger partial charge in [-0.05, 0) is 50.1 Å². The largest absolute Gasteiger partial charge is 0.304 e. The zero-order chi connectivity index (χ0) is 13.7. The van der Waals surface area contributed by atoms with E-state index in [0.29, 0.717) is 0 Å². The smallest absolute Gasteiger partial charge is 0.0847 e. The van der Waals surface area contributed by atoms with E-state index in [4.69, 9.17) is 0 Å². The van der Waals surface area contributed by atoms with Gasteiger partial charge in [0, 0.05) is 16.0 Å². The van der Waals surface area contributed by atoms with Crippen molar-refractivity contribution < 1.29 is 0 Å². The lowest BCUT2D eigenvalue weighted by molar-refractivity contribution is 0.589. The minimum absolute atomic E-state index is 0.231. The average Bonchev–Trinajstić information content (AvgIpc) is 2.86. The van der Waals surface area contributed by atoms with Crippen LogP contribution in [-0.4, -0.2) is 11.5 Å². The number of aryl methyl sites for hydroxylation is 2. The minimum atomic E-state index is 0.231. The topological polar surface area (TPSA) is 24.9 Å². The van der Waals surface area contributed by atoms with Gasteiger partial charge in [-0.1, -0.05) is 19.9 Å². The van der Waals surface area contributed by atoms with Crippen LogP contribution in [0.2, 0.25) is 0 Å². The Kier molecular flexibility index (Phi) is 5.11. The zero-order valence-corrected chi connectivity index (χ0v) is 12.8. The van der Waals surface area contributed by atoms with Crippen LogP contribution in [0.4, 0.5) is 0 Å². The molecular formula is C16H22N2S. The van der Waals surface area contributed by atoms with E-state index in [-0.39, 0.29) is 6.04 Å². The lowest BCUT2D eigenvalue weighted by atomic mass is 10.0. The van der Waals surface area contributed by atoms with Crippen molar-refractivity contribution in [3.63, 3.8) is 0 Å². The number of nitrogens with one attached hydrogen (secondary N) is 1. The van der Waals surface area contributed by atoms with Crippen LogP contribution in [0.25, 0.3) is 0 Å². The third-order valence-electron chi connectivity index (χ3n) is 3.22. The Balaban J connectivity index is 2.36.